The average Bonchev–Trinajstić information content (AvgIpc) is 3.49. The first-order chi connectivity index (χ1) is 14.8. The van der Waals surface area contributed by atoms with Gasteiger partial charge in [-0.1, -0.05) is 60.3 Å². The van der Waals surface area contributed by atoms with E-state index in [1.54, 1.807) is 23.1 Å². The molecule has 30 heavy (non-hydrogen) atoms. The maximum atomic E-state index is 12.8. The number of carbonyl (C=O) groups excluding carboxylic acids is 1. The zero-order valence-electron chi connectivity index (χ0n) is 16.1. The Morgan fingerprint density at radius 1 is 1.13 bits per heavy atom. The van der Waals surface area contributed by atoms with Crippen LogP contribution in [-0.2, 0) is 4.79 Å². The lowest BCUT2D eigenvalue weighted by Crippen LogP contribution is -2.30. The smallest absolute Gasteiger partial charge is 0.231 e. The molecule has 0 spiro atoms. The number of nitrogens with one attached hydrogen (secondary N) is 1. The molecular formula is C21H19N5O2S2. The summed E-state index contributed by atoms with van der Waals surface area (Å²) < 4.78 is 6.96. The number of tetrazole rings is 1. The Morgan fingerprint density at radius 3 is 2.70 bits per heavy atom. The van der Waals surface area contributed by atoms with Crippen molar-refractivity contribution in [3.05, 3.63) is 82.6 Å². The highest BCUT2D eigenvalue weighted by Crippen LogP contribution is 2.27. The second kappa shape index (κ2) is 9.55. The molecule has 0 fully saturated rings. The Morgan fingerprint density at radius 2 is 1.93 bits per heavy atom. The summed E-state index contributed by atoms with van der Waals surface area (Å²) in [5.74, 6) is 0.735. The van der Waals surface area contributed by atoms with E-state index in [9.17, 15) is 4.79 Å². The van der Waals surface area contributed by atoms with Gasteiger partial charge < -0.3 is 10.1 Å². The monoisotopic (exact) mass is 437 g/mol. The van der Waals surface area contributed by atoms with E-state index in [4.69, 9.17) is 4.74 Å². The molecule has 0 saturated heterocycles. The van der Waals surface area contributed by atoms with Crippen LogP contribution in [0.1, 0.15) is 16.5 Å². The lowest BCUT2D eigenvalue weighted by atomic mass is 10.1. The van der Waals surface area contributed by atoms with Crippen molar-refractivity contribution in [2.45, 2.75) is 11.2 Å². The van der Waals surface area contributed by atoms with Gasteiger partial charge in [-0.3, -0.25) is 4.79 Å². The second-order valence-corrected chi connectivity index (χ2v) is 8.18. The third-order valence-electron chi connectivity index (χ3n) is 4.35. The quantitative estimate of drug-likeness (QED) is 0.423. The maximum Gasteiger partial charge on any atom is 0.231 e. The first-order valence-corrected chi connectivity index (χ1v) is 11.0. The average molecular weight is 438 g/mol. The number of para-hydroxylation sites is 2. The molecule has 4 rings (SSSR count). The van der Waals surface area contributed by atoms with Crippen LogP contribution in [0, 0.1) is 0 Å². The summed E-state index contributed by atoms with van der Waals surface area (Å²) in [6, 6.07) is 21.2. The zero-order valence-corrected chi connectivity index (χ0v) is 17.8. The lowest BCUT2D eigenvalue weighted by molar-refractivity contribution is -0.119. The van der Waals surface area contributed by atoms with E-state index < -0.39 is 0 Å². The van der Waals surface area contributed by atoms with Gasteiger partial charge in [-0.05, 0) is 39.6 Å². The Kier molecular flexibility index (Phi) is 6.41. The Balaban J connectivity index is 1.47. The number of ether oxygens (including phenoxy) is 1. The number of hydrogen-bond acceptors (Lipinski definition) is 7. The van der Waals surface area contributed by atoms with Crippen molar-refractivity contribution < 1.29 is 9.53 Å². The summed E-state index contributed by atoms with van der Waals surface area (Å²) >= 11 is 2.89. The van der Waals surface area contributed by atoms with Crippen LogP contribution in [-0.4, -0.2) is 39.0 Å². The number of thioether (sulfide) groups is 1. The van der Waals surface area contributed by atoms with E-state index in [2.05, 4.69) is 20.8 Å². The van der Waals surface area contributed by atoms with Crippen molar-refractivity contribution in [3.8, 4) is 11.4 Å². The highest BCUT2D eigenvalue weighted by molar-refractivity contribution is 7.99. The van der Waals surface area contributed by atoms with E-state index in [1.807, 2.05) is 72.1 Å². The number of aromatic nitrogens is 4. The van der Waals surface area contributed by atoms with Crippen LogP contribution in [0.5, 0.6) is 5.75 Å². The number of nitrogens with zero attached hydrogens (tertiary/aromatic N) is 4. The van der Waals surface area contributed by atoms with Gasteiger partial charge in [-0.2, -0.15) is 4.68 Å². The van der Waals surface area contributed by atoms with Gasteiger partial charge in [0, 0.05) is 4.88 Å². The topological polar surface area (TPSA) is 81.9 Å². The van der Waals surface area contributed by atoms with Crippen LogP contribution >= 0.6 is 23.1 Å². The normalized spacial score (nSPS) is 11.8. The third kappa shape index (κ3) is 4.52. The van der Waals surface area contributed by atoms with Crippen LogP contribution in [0.3, 0.4) is 0 Å². The Labute approximate surface area is 182 Å². The minimum Gasteiger partial charge on any atom is -0.494 e. The van der Waals surface area contributed by atoms with E-state index in [-0.39, 0.29) is 17.7 Å². The number of methoxy groups -OCH3 is 1. The summed E-state index contributed by atoms with van der Waals surface area (Å²) in [6.45, 7) is 0. The molecule has 2 aromatic heterocycles. The van der Waals surface area contributed by atoms with Gasteiger partial charge in [0.15, 0.2) is 0 Å². The zero-order chi connectivity index (χ0) is 20.8. The molecule has 2 heterocycles. The molecule has 1 amide bonds. The van der Waals surface area contributed by atoms with Crippen molar-refractivity contribution in [1.29, 1.82) is 0 Å². The first kappa shape index (κ1) is 20.1. The number of carbonyl (C=O) groups is 1. The van der Waals surface area contributed by atoms with Gasteiger partial charge in [0.05, 0.1) is 18.9 Å². The summed E-state index contributed by atoms with van der Waals surface area (Å²) in [7, 11) is 1.59. The van der Waals surface area contributed by atoms with Gasteiger partial charge >= 0.3 is 0 Å². The second-order valence-electron chi connectivity index (χ2n) is 6.26. The van der Waals surface area contributed by atoms with Crippen LogP contribution in [0.2, 0.25) is 0 Å². The predicted molar refractivity (Wildman–Crippen MR) is 117 cm³/mol. The molecule has 1 atom stereocenters. The molecule has 2 aromatic carbocycles. The molecule has 0 saturated carbocycles. The molecule has 0 radical (unpaired) electrons. The molecule has 0 bridgehead atoms. The van der Waals surface area contributed by atoms with E-state index in [1.165, 1.54) is 11.8 Å². The van der Waals surface area contributed by atoms with E-state index >= 15 is 0 Å². The number of amides is 1. The fraction of sp³-hybridized carbons (Fsp3) is 0.143. The number of rotatable bonds is 8. The molecule has 152 valence electrons. The van der Waals surface area contributed by atoms with Gasteiger partial charge in [-0.15, -0.1) is 16.4 Å². The van der Waals surface area contributed by atoms with E-state index in [0.29, 0.717) is 16.6 Å². The minimum atomic E-state index is -0.190. The number of benzene rings is 2. The van der Waals surface area contributed by atoms with Crippen molar-refractivity contribution in [1.82, 2.24) is 25.5 Å². The molecule has 7 nitrogen and oxygen atoms in total. The van der Waals surface area contributed by atoms with Crippen LogP contribution < -0.4 is 10.1 Å². The van der Waals surface area contributed by atoms with Gasteiger partial charge in [0.2, 0.25) is 11.1 Å². The fourth-order valence-electron chi connectivity index (χ4n) is 2.98. The molecule has 1 N–H and O–H groups in total. The first-order valence-electron chi connectivity index (χ1n) is 9.18. The summed E-state index contributed by atoms with van der Waals surface area (Å²) in [4.78, 5) is 13.8. The van der Waals surface area contributed by atoms with Crippen LogP contribution in [0.25, 0.3) is 5.69 Å². The minimum absolute atomic E-state index is 0.100. The van der Waals surface area contributed by atoms with Crippen LogP contribution in [0.15, 0.2) is 77.3 Å². The molecule has 0 aliphatic rings. The van der Waals surface area contributed by atoms with Gasteiger partial charge in [0.1, 0.15) is 11.4 Å². The Hall–Kier alpha value is -3.17. The van der Waals surface area contributed by atoms with Gasteiger partial charge in [0.25, 0.3) is 0 Å². The predicted octanol–water partition coefficient (Wildman–Crippen LogP) is 3.73. The Bertz CT molecular complexity index is 1100. The van der Waals surface area contributed by atoms with Crippen molar-refractivity contribution in [2.75, 3.05) is 12.9 Å². The number of thiophene rings is 1. The molecule has 0 unspecified atom stereocenters. The number of hydrogen-bond donors (Lipinski definition) is 1. The van der Waals surface area contributed by atoms with Crippen molar-refractivity contribution in [3.63, 3.8) is 0 Å². The summed E-state index contributed by atoms with van der Waals surface area (Å²) in [5, 5.41) is 17.5. The lowest BCUT2D eigenvalue weighted by Gasteiger charge is -2.18. The summed E-state index contributed by atoms with van der Waals surface area (Å²) in [5.41, 5.74) is 1.76. The molecular weight excluding hydrogens is 418 g/mol. The summed E-state index contributed by atoms with van der Waals surface area (Å²) in [6.07, 6.45) is 0. The molecule has 4 aromatic rings. The molecule has 9 heteroatoms. The maximum absolute atomic E-state index is 12.8. The van der Waals surface area contributed by atoms with Gasteiger partial charge in [-0.25, -0.2) is 0 Å². The fourth-order valence-corrected chi connectivity index (χ4v) is 4.47. The highest BCUT2D eigenvalue weighted by atomic mass is 32.2. The molecule has 0 aliphatic heterocycles. The standard InChI is InChI=1S/C21H19N5O2S2/c1-28-17-11-6-5-10-16(17)26-21(23-24-25-26)30-14-19(27)22-20(18-12-7-13-29-18)15-8-3-2-4-9-15/h2-13,20H,14H2,1H3,(H,22,27)/t20-/m1/s1. The highest BCUT2D eigenvalue weighted by Gasteiger charge is 2.19. The third-order valence-corrected chi connectivity index (χ3v) is 6.21. The van der Waals surface area contributed by atoms with Crippen LogP contribution in [0.4, 0.5) is 0 Å². The van der Waals surface area contributed by atoms with E-state index in [0.717, 1.165) is 10.4 Å². The van der Waals surface area contributed by atoms with Crippen molar-refractivity contribution in [2.24, 2.45) is 0 Å². The molecule has 0 aliphatic carbocycles. The largest absolute Gasteiger partial charge is 0.494 e. The SMILES string of the molecule is COc1ccccc1-n1nnnc1SCC(=O)N[C@H](c1ccccc1)c1cccs1. The van der Waals surface area contributed by atoms with Crippen molar-refractivity contribution >= 4 is 29.0 Å².